The Balaban J connectivity index is 1.76. The lowest BCUT2D eigenvalue weighted by molar-refractivity contribution is -0.123. The maximum Gasteiger partial charge on any atom is 0.258 e. The second-order valence-electron chi connectivity index (χ2n) is 5.29. The topological polar surface area (TPSA) is 67.4 Å². The van der Waals surface area contributed by atoms with E-state index in [4.69, 9.17) is 4.74 Å². The quantitative estimate of drug-likeness (QED) is 0.849. The van der Waals surface area contributed by atoms with Gasteiger partial charge in [0.25, 0.3) is 5.91 Å². The highest BCUT2D eigenvalue weighted by molar-refractivity contribution is 5.82. The molecule has 1 atom stereocenters. The van der Waals surface area contributed by atoms with Crippen LogP contribution in [-0.4, -0.2) is 31.0 Å². The third kappa shape index (κ3) is 3.98. The zero-order chi connectivity index (χ0) is 14.5. The maximum atomic E-state index is 11.7. The summed E-state index contributed by atoms with van der Waals surface area (Å²) in [6, 6.07) is 7.60. The molecule has 0 aromatic heterocycles. The van der Waals surface area contributed by atoms with E-state index in [9.17, 15) is 9.59 Å². The van der Waals surface area contributed by atoms with Gasteiger partial charge in [-0.3, -0.25) is 9.59 Å². The smallest absolute Gasteiger partial charge is 0.258 e. The van der Waals surface area contributed by atoms with Gasteiger partial charge in [0.05, 0.1) is 6.04 Å². The Morgan fingerprint density at radius 1 is 1.40 bits per heavy atom. The zero-order valence-corrected chi connectivity index (χ0v) is 11.8. The molecule has 1 aliphatic rings. The van der Waals surface area contributed by atoms with Gasteiger partial charge in [-0.15, -0.1) is 0 Å². The average Bonchev–Trinajstić information content (AvgIpc) is 2.82. The Bertz CT molecular complexity index is 482. The fourth-order valence-electron chi connectivity index (χ4n) is 2.07. The molecular formula is C15H20N2O3. The molecule has 0 unspecified atom stereocenters. The van der Waals surface area contributed by atoms with E-state index in [-0.39, 0.29) is 24.5 Å². The van der Waals surface area contributed by atoms with Crippen molar-refractivity contribution in [3.63, 3.8) is 0 Å². The average molecular weight is 276 g/mol. The second kappa shape index (κ2) is 6.41. The van der Waals surface area contributed by atoms with Gasteiger partial charge in [0.2, 0.25) is 5.91 Å². The summed E-state index contributed by atoms with van der Waals surface area (Å²) in [5, 5.41) is 5.43. The van der Waals surface area contributed by atoms with E-state index in [1.54, 1.807) is 0 Å². The van der Waals surface area contributed by atoms with Gasteiger partial charge in [-0.25, -0.2) is 0 Å². The minimum atomic E-state index is -0.209. The van der Waals surface area contributed by atoms with Crippen LogP contribution in [0.15, 0.2) is 24.3 Å². The van der Waals surface area contributed by atoms with Crippen LogP contribution in [0.3, 0.4) is 0 Å². The van der Waals surface area contributed by atoms with Gasteiger partial charge >= 0.3 is 0 Å². The van der Waals surface area contributed by atoms with Crippen molar-refractivity contribution in [2.24, 2.45) is 0 Å². The minimum Gasteiger partial charge on any atom is -0.484 e. The summed E-state index contributed by atoms with van der Waals surface area (Å²) >= 11 is 0. The number of nitrogens with one attached hydrogen (secondary N) is 2. The molecular weight excluding hydrogens is 256 g/mol. The molecule has 1 aromatic carbocycles. The van der Waals surface area contributed by atoms with Crippen LogP contribution in [0.1, 0.15) is 31.7 Å². The molecule has 1 heterocycles. The van der Waals surface area contributed by atoms with Crippen LogP contribution < -0.4 is 15.4 Å². The summed E-state index contributed by atoms with van der Waals surface area (Å²) in [6.07, 6.45) is 0.342. The van der Waals surface area contributed by atoms with Gasteiger partial charge in [0.1, 0.15) is 5.75 Å². The summed E-state index contributed by atoms with van der Waals surface area (Å²) in [6.45, 7) is 4.71. The largest absolute Gasteiger partial charge is 0.484 e. The molecule has 1 fully saturated rings. The third-order valence-electron chi connectivity index (χ3n) is 3.26. The van der Waals surface area contributed by atoms with E-state index in [2.05, 4.69) is 24.5 Å². The molecule has 5 nitrogen and oxygen atoms in total. The van der Waals surface area contributed by atoms with Crippen LogP contribution in [0, 0.1) is 0 Å². The highest BCUT2D eigenvalue weighted by Crippen LogP contribution is 2.18. The molecule has 20 heavy (non-hydrogen) atoms. The lowest BCUT2D eigenvalue weighted by atomic mass is 10.0. The number of carbonyl (C=O) groups excluding carboxylic acids is 2. The van der Waals surface area contributed by atoms with Crippen LogP contribution in [0.5, 0.6) is 5.75 Å². The number of amides is 2. The molecule has 0 radical (unpaired) electrons. The van der Waals surface area contributed by atoms with Gasteiger partial charge in [-0.1, -0.05) is 26.0 Å². The lowest BCUT2D eigenvalue weighted by Crippen LogP contribution is -2.39. The Labute approximate surface area is 118 Å². The van der Waals surface area contributed by atoms with Crippen molar-refractivity contribution >= 4 is 11.8 Å². The standard InChI is InChI=1S/C15H20N2O3/c1-10(2)11-3-5-13(6-4-11)20-9-15(19)17-12-7-14(18)16-8-12/h3-6,10,12H,7-9H2,1-2H3,(H,16,18)(H,17,19)/t12-/m0/s1. The van der Waals surface area contributed by atoms with Gasteiger partial charge in [0.15, 0.2) is 6.61 Å². The van der Waals surface area contributed by atoms with Gasteiger partial charge in [0, 0.05) is 13.0 Å². The number of ether oxygens (including phenoxy) is 1. The highest BCUT2D eigenvalue weighted by atomic mass is 16.5. The molecule has 0 aliphatic carbocycles. The summed E-state index contributed by atoms with van der Waals surface area (Å²) in [4.78, 5) is 22.7. The molecule has 2 amide bonds. The first-order valence-corrected chi connectivity index (χ1v) is 6.83. The summed E-state index contributed by atoms with van der Waals surface area (Å²) in [5.74, 6) is 0.907. The number of carbonyl (C=O) groups is 2. The second-order valence-corrected chi connectivity index (χ2v) is 5.29. The number of hydrogen-bond acceptors (Lipinski definition) is 3. The molecule has 0 bridgehead atoms. The molecule has 1 saturated heterocycles. The molecule has 108 valence electrons. The first-order chi connectivity index (χ1) is 9.54. The first kappa shape index (κ1) is 14.4. The van der Waals surface area contributed by atoms with Crippen LogP contribution in [0.2, 0.25) is 0 Å². The zero-order valence-electron chi connectivity index (χ0n) is 11.8. The molecule has 0 spiro atoms. The van der Waals surface area contributed by atoms with E-state index >= 15 is 0 Å². The lowest BCUT2D eigenvalue weighted by Gasteiger charge is -2.12. The molecule has 2 N–H and O–H groups in total. The Kier molecular flexibility index (Phi) is 4.61. The van der Waals surface area contributed by atoms with Crippen molar-refractivity contribution in [2.75, 3.05) is 13.2 Å². The predicted molar refractivity (Wildman–Crippen MR) is 75.6 cm³/mol. The van der Waals surface area contributed by atoms with Crippen molar-refractivity contribution in [1.29, 1.82) is 0 Å². The summed E-state index contributed by atoms with van der Waals surface area (Å²) in [7, 11) is 0. The van der Waals surface area contributed by atoms with Crippen molar-refractivity contribution in [1.82, 2.24) is 10.6 Å². The van der Waals surface area contributed by atoms with E-state index < -0.39 is 0 Å². The molecule has 1 aromatic rings. The summed E-state index contributed by atoms with van der Waals surface area (Å²) in [5.41, 5.74) is 1.23. The molecule has 5 heteroatoms. The fraction of sp³-hybridized carbons (Fsp3) is 0.467. The van der Waals surface area contributed by atoms with Crippen LogP contribution in [-0.2, 0) is 9.59 Å². The van der Waals surface area contributed by atoms with Gasteiger partial charge in [-0.2, -0.15) is 0 Å². The Morgan fingerprint density at radius 3 is 2.65 bits per heavy atom. The van der Waals surface area contributed by atoms with Crippen LogP contribution >= 0.6 is 0 Å². The van der Waals surface area contributed by atoms with Gasteiger partial charge in [-0.05, 0) is 23.6 Å². The van der Waals surface area contributed by atoms with Crippen molar-refractivity contribution < 1.29 is 14.3 Å². The van der Waals surface area contributed by atoms with Gasteiger partial charge < -0.3 is 15.4 Å². The molecule has 2 rings (SSSR count). The van der Waals surface area contributed by atoms with Crippen molar-refractivity contribution in [3.8, 4) is 5.75 Å². The Morgan fingerprint density at radius 2 is 2.10 bits per heavy atom. The normalized spacial score (nSPS) is 17.9. The summed E-state index contributed by atoms with van der Waals surface area (Å²) < 4.78 is 5.42. The number of hydrogen-bond donors (Lipinski definition) is 2. The predicted octanol–water partition coefficient (Wildman–Crippen LogP) is 1.19. The van der Waals surface area contributed by atoms with E-state index in [0.717, 1.165) is 0 Å². The number of rotatable bonds is 5. The van der Waals surface area contributed by atoms with Crippen LogP contribution in [0.25, 0.3) is 0 Å². The maximum absolute atomic E-state index is 11.7. The molecule has 0 saturated carbocycles. The van der Waals surface area contributed by atoms with Crippen molar-refractivity contribution in [2.45, 2.75) is 32.2 Å². The van der Waals surface area contributed by atoms with Crippen molar-refractivity contribution in [3.05, 3.63) is 29.8 Å². The molecule has 1 aliphatic heterocycles. The van der Waals surface area contributed by atoms with E-state index in [1.165, 1.54) is 5.56 Å². The SMILES string of the molecule is CC(C)c1ccc(OCC(=O)N[C@@H]2CNC(=O)C2)cc1. The van der Waals surface area contributed by atoms with E-state index in [0.29, 0.717) is 24.6 Å². The number of benzene rings is 1. The minimum absolute atomic E-state index is 0.0273. The first-order valence-electron chi connectivity index (χ1n) is 6.83. The monoisotopic (exact) mass is 276 g/mol. The highest BCUT2D eigenvalue weighted by Gasteiger charge is 2.22. The van der Waals surface area contributed by atoms with E-state index in [1.807, 2.05) is 24.3 Å². The van der Waals surface area contributed by atoms with Crippen LogP contribution in [0.4, 0.5) is 0 Å². The third-order valence-corrected chi connectivity index (χ3v) is 3.26. The Hall–Kier alpha value is -2.04. The fourth-order valence-corrected chi connectivity index (χ4v) is 2.07.